The molecule has 3 atom stereocenters. The van der Waals surface area contributed by atoms with Crippen LogP contribution in [-0.2, 0) is 16.1 Å². The van der Waals surface area contributed by atoms with Gasteiger partial charge in [-0.15, -0.1) is 0 Å². The number of rotatable bonds is 5. The molecule has 11 nitrogen and oxygen atoms in total. The zero-order valence-corrected chi connectivity index (χ0v) is 18.7. The molecule has 0 spiro atoms. The molecule has 1 fully saturated rings. The van der Waals surface area contributed by atoms with Gasteiger partial charge >= 0.3 is 11.4 Å². The first-order chi connectivity index (χ1) is 16.8. The molecule has 0 bridgehead atoms. The number of nitro benzene ring substituents is 1. The number of carbonyl (C=O) groups excluding carboxylic acids is 2. The van der Waals surface area contributed by atoms with Gasteiger partial charge in [0.25, 0.3) is 5.69 Å². The number of hydrogen-bond donors (Lipinski definition) is 1. The number of H-pyrrole nitrogens is 1. The van der Waals surface area contributed by atoms with Crippen molar-refractivity contribution in [3.05, 3.63) is 103 Å². The SMILES string of the molecule is CC1=C[C@@H]2C(=O)N(c3ccc([N+](=O)[O-])cc3)C(=O)[C@H]2C[C@@H]1n1[nH]c(=O)n(Cc2ccccc2)c1=O. The minimum Gasteiger partial charge on any atom is -0.274 e. The molecule has 2 heterocycles. The van der Waals surface area contributed by atoms with E-state index >= 15 is 0 Å². The summed E-state index contributed by atoms with van der Waals surface area (Å²) in [5.41, 5.74) is 0.498. The molecule has 1 aliphatic heterocycles. The second kappa shape index (κ2) is 8.35. The van der Waals surface area contributed by atoms with Gasteiger partial charge in [0.1, 0.15) is 0 Å². The highest BCUT2D eigenvalue weighted by Gasteiger charge is 2.50. The molecule has 0 radical (unpaired) electrons. The van der Waals surface area contributed by atoms with Gasteiger partial charge in [0, 0.05) is 12.1 Å². The quantitative estimate of drug-likeness (QED) is 0.259. The smallest absolute Gasteiger partial charge is 0.274 e. The van der Waals surface area contributed by atoms with Crippen molar-refractivity contribution in [3.8, 4) is 0 Å². The third-order valence-corrected chi connectivity index (χ3v) is 6.63. The first-order valence-electron chi connectivity index (χ1n) is 11.0. The number of nitrogens with one attached hydrogen (secondary N) is 1. The molecule has 2 aromatic carbocycles. The van der Waals surface area contributed by atoms with Crippen LogP contribution in [-0.4, -0.2) is 31.1 Å². The maximum absolute atomic E-state index is 13.2. The van der Waals surface area contributed by atoms with E-state index in [-0.39, 0.29) is 24.3 Å². The lowest BCUT2D eigenvalue weighted by Crippen LogP contribution is -2.35. The molecule has 1 N–H and O–H groups in total. The lowest BCUT2D eigenvalue weighted by molar-refractivity contribution is -0.384. The zero-order chi connectivity index (χ0) is 24.9. The van der Waals surface area contributed by atoms with Gasteiger partial charge in [-0.2, -0.15) is 0 Å². The van der Waals surface area contributed by atoms with Crippen molar-refractivity contribution >= 4 is 23.2 Å². The highest BCUT2D eigenvalue weighted by molar-refractivity contribution is 6.22. The summed E-state index contributed by atoms with van der Waals surface area (Å²) in [5, 5.41) is 13.5. The monoisotopic (exact) mass is 475 g/mol. The van der Waals surface area contributed by atoms with E-state index < -0.39 is 46.0 Å². The average molecular weight is 475 g/mol. The van der Waals surface area contributed by atoms with Gasteiger partial charge < -0.3 is 0 Å². The van der Waals surface area contributed by atoms with E-state index in [1.165, 1.54) is 28.9 Å². The van der Waals surface area contributed by atoms with E-state index in [4.69, 9.17) is 0 Å². The summed E-state index contributed by atoms with van der Waals surface area (Å²) in [6.07, 6.45) is 1.83. The number of allylic oxidation sites excluding steroid dienone is 1. The van der Waals surface area contributed by atoms with Crippen molar-refractivity contribution in [1.82, 2.24) is 14.3 Å². The third kappa shape index (κ3) is 3.70. The molecule has 35 heavy (non-hydrogen) atoms. The molecule has 11 heteroatoms. The number of aromatic amines is 1. The topological polar surface area (TPSA) is 140 Å². The summed E-state index contributed by atoms with van der Waals surface area (Å²) in [6.45, 7) is 1.86. The number of nitrogens with zero attached hydrogens (tertiary/aromatic N) is 4. The Morgan fingerprint density at radius 3 is 2.34 bits per heavy atom. The van der Waals surface area contributed by atoms with Crippen LogP contribution in [0.3, 0.4) is 0 Å². The molecular formula is C24H21N5O6. The fraction of sp³-hybridized carbons (Fsp3) is 0.250. The van der Waals surface area contributed by atoms with Gasteiger partial charge in [-0.05, 0) is 31.0 Å². The third-order valence-electron chi connectivity index (χ3n) is 6.63. The second-order valence-corrected chi connectivity index (χ2v) is 8.72. The summed E-state index contributed by atoms with van der Waals surface area (Å²) >= 11 is 0. The number of anilines is 1. The normalized spacial score (nSPS) is 21.7. The van der Waals surface area contributed by atoms with Crippen LogP contribution in [0.1, 0.15) is 24.9 Å². The average Bonchev–Trinajstić information content (AvgIpc) is 3.26. The number of benzene rings is 2. The van der Waals surface area contributed by atoms with Crippen molar-refractivity contribution in [2.24, 2.45) is 11.8 Å². The van der Waals surface area contributed by atoms with Crippen LogP contribution >= 0.6 is 0 Å². The summed E-state index contributed by atoms with van der Waals surface area (Å²) in [5.74, 6) is -2.29. The molecule has 3 aromatic rings. The first kappa shape index (κ1) is 22.3. The fourth-order valence-corrected chi connectivity index (χ4v) is 4.84. The number of fused-ring (bicyclic) bond motifs is 1. The van der Waals surface area contributed by atoms with E-state index in [0.717, 1.165) is 15.0 Å². The predicted octanol–water partition coefficient (Wildman–Crippen LogP) is 1.99. The van der Waals surface area contributed by atoms with E-state index in [2.05, 4.69) is 5.10 Å². The van der Waals surface area contributed by atoms with Gasteiger partial charge in [-0.3, -0.25) is 19.7 Å². The lowest BCUT2D eigenvalue weighted by Gasteiger charge is -2.27. The van der Waals surface area contributed by atoms with Crippen LogP contribution in [0.4, 0.5) is 11.4 Å². The van der Waals surface area contributed by atoms with Crippen molar-refractivity contribution in [2.45, 2.75) is 25.9 Å². The van der Waals surface area contributed by atoms with E-state index in [0.29, 0.717) is 5.57 Å². The standard InChI is InChI=1S/C24H21N5O6/c1-14-11-18-19(22(31)27(21(18)30)16-7-9-17(10-8-16)29(34)35)12-20(14)28-24(33)26(23(32)25-28)13-15-5-3-2-4-6-15/h2-11,18-20H,12-13H2,1H3,(H,25,32)/t18-,19-,20-/m0/s1. The van der Waals surface area contributed by atoms with Gasteiger partial charge in [0.05, 0.1) is 35.0 Å². The Morgan fingerprint density at radius 1 is 1.00 bits per heavy atom. The molecule has 0 saturated carbocycles. The second-order valence-electron chi connectivity index (χ2n) is 8.72. The van der Waals surface area contributed by atoms with Gasteiger partial charge in [-0.1, -0.05) is 42.0 Å². The molecular weight excluding hydrogens is 454 g/mol. The molecule has 2 amide bonds. The van der Waals surface area contributed by atoms with Crippen molar-refractivity contribution < 1.29 is 14.5 Å². The largest absolute Gasteiger partial charge is 0.347 e. The zero-order valence-electron chi connectivity index (χ0n) is 18.7. The number of amides is 2. The van der Waals surface area contributed by atoms with Crippen LogP contribution in [0.5, 0.6) is 0 Å². The van der Waals surface area contributed by atoms with Crippen LogP contribution in [0, 0.1) is 22.0 Å². The van der Waals surface area contributed by atoms with Crippen molar-refractivity contribution in [1.29, 1.82) is 0 Å². The molecule has 0 unspecified atom stereocenters. The highest BCUT2D eigenvalue weighted by Crippen LogP contribution is 2.42. The number of aromatic nitrogens is 3. The van der Waals surface area contributed by atoms with E-state index in [1.54, 1.807) is 13.0 Å². The van der Waals surface area contributed by atoms with Crippen LogP contribution in [0.15, 0.2) is 75.8 Å². The Morgan fingerprint density at radius 2 is 1.69 bits per heavy atom. The maximum atomic E-state index is 13.2. The van der Waals surface area contributed by atoms with Crippen LogP contribution < -0.4 is 16.3 Å². The predicted molar refractivity (Wildman–Crippen MR) is 125 cm³/mol. The number of carbonyl (C=O) groups is 2. The number of hydrogen-bond acceptors (Lipinski definition) is 6. The minimum absolute atomic E-state index is 0.106. The number of nitro groups is 1. The Hall–Kier alpha value is -4.54. The summed E-state index contributed by atoms with van der Waals surface area (Å²) in [4.78, 5) is 63.4. The number of imide groups is 1. The van der Waals surface area contributed by atoms with Crippen molar-refractivity contribution in [2.75, 3.05) is 4.90 Å². The van der Waals surface area contributed by atoms with E-state index in [1.807, 2.05) is 30.3 Å². The maximum Gasteiger partial charge on any atom is 0.347 e. The molecule has 2 aliphatic rings. The lowest BCUT2D eigenvalue weighted by atomic mass is 9.80. The molecule has 1 aliphatic carbocycles. The summed E-state index contributed by atoms with van der Waals surface area (Å²) in [7, 11) is 0. The summed E-state index contributed by atoms with van der Waals surface area (Å²) < 4.78 is 2.32. The fourth-order valence-electron chi connectivity index (χ4n) is 4.84. The first-order valence-corrected chi connectivity index (χ1v) is 11.0. The van der Waals surface area contributed by atoms with Crippen LogP contribution in [0.25, 0.3) is 0 Å². The molecule has 1 saturated heterocycles. The Bertz CT molecular complexity index is 1480. The molecule has 178 valence electrons. The van der Waals surface area contributed by atoms with Gasteiger partial charge in [0.15, 0.2) is 0 Å². The van der Waals surface area contributed by atoms with Crippen molar-refractivity contribution in [3.63, 3.8) is 0 Å². The minimum atomic E-state index is -0.723. The Labute approximate surface area is 198 Å². The Kier molecular flexibility index (Phi) is 5.31. The molecule has 5 rings (SSSR count). The highest BCUT2D eigenvalue weighted by atomic mass is 16.6. The molecule has 1 aromatic heterocycles. The van der Waals surface area contributed by atoms with Crippen LogP contribution in [0.2, 0.25) is 0 Å². The van der Waals surface area contributed by atoms with Gasteiger partial charge in [-0.25, -0.2) is 28.8 Å². The van der Waals surface area contributed by atoms with Gasteiger partial charge in [0.2, 0.25) is 11.8 Å². The summed E-state index contributed by atoms with van der Waals surface area (Å²) in [6, 6.07) is 13.7. The number of non-ortho nitro benzene ring substituents is 1. The van der Waals surface area contributed by atoms with E-state index in [9.17, 15) is 29.3 Å². The Balaban J connectivity index is 1.44.